The van der Waals surface area contributed by atoms with Gasteiger partial charge in [-0.2, -0.15) is 0 Å². The summed E-state index contributed by atoms with van der Waals surface area (Å²) in [6, 6.07) is 6.44. The Balaban J connectivity index is 2.54. The minimum Gasteiger partial charge on any atom is -0.355 e. The van der Waals surface area contributed by atoms with Gasteiger partial charge in [0, 0.05) is 12.6 Å². The number of likely N-dealkylation sites (N-methyl/N-ethyl adjacent to an activating group) is 1. The molecule has 4 heteroatoms. The van der Waals surface area contributed by atoms with Gasteiger partial charge in [-0.1, -0.05) is 19.1 Å². The number of halogens is 1. The fourth-order valence-corrected chi connectivity index (χ4v) is 1.67. The Morgan fingerprint density at radius 2 is 1.94 bits per heavy atom. The maximum Gasteiger partial charge on any atom is 0.233 e. The van der Waals surface area contributed by atoms with Crippen molar-refractivity contribution in [1.29, 1.82) is 0 Å². The lowest BCUT2D eigenvalue weighted by molar-refractivity contribution is -0.120. The lowest BCUT2D eigenvalue weighted by atomic mass is 10.0. The maximum absolute atomic E-state index is 12.8. The van der Waals surface area contributed by atoms with E-state index in [9.17, 15) is 9.18 Å². The number of carbonyl (C=O) groups excluding carboxylic acids is 1. The van der Waals surface area contributed by atoms with Crippen LogP contribution in [0.25, 0.3) is 0 Å². The van der Waals surface area contributed by atoms with Crippen LogP contribution in [-0.4, -0.2) is 19.0 Å². The van der Waals surface area contributed by atoms with Crippen LogP contribution in [0.15, 0.2) is 24.3 Å². The second-order valence-corrected chi connectivity index (χ2v) is 3.85. The van der Waals surface area contributed by atoms with Crippen LogP contribution in [0.5, 0.6) is 0 Å². The summed E-state index contributed by atoms with van der Waals surface area (Å²) in [4.78, 5) is 11.3. The van der Waals surface area contributed by atoms with Crippen molar-refractivity contribution in [2.24, 2.45) is 0 Å². The number of hydrogen-bond donors (Lipinski definition) is 2. The summed E-state index contributed by atoms with van der Waals surface area (Å²) in [5.74, 6) is -0.264. The van der Waals surface area contributed by atoms with Crippen LogP contribution < -0.4 is 10.6 Å². The molecule has 1 unspecified atom stereocenters. The Morgan fingerprint density at radius 1 is 1.29 bits per heavy atom. The van der Waals surface area contributed by atoms with Crippen molar-refractivity contribution in [1.82, 2.24) is 10.6 Å². The van der Waals surface area contributed by atoms with Crippen molar-refractivity contribution in [3.8, 4) is 0 Å². The zero-order chi connectivity index (χ0) is 12.7. The topological polar surface area (TPSA) is 41.1 Å². The predicted octanol–water partition coefficient (Wildman–Crippen LogP) is 2.00. The van der Waals surface area contributed by atoms with Crippen molar-refractivity contribution < 1.29 is 9.18 Å². The van der Waals surface area contributed by atoms with E-state index in [1.54, 1.807) is 12.1 Å². The Kier molecular flexibility index (Phi) is 5.63. The number of benzene rings is 1. The van der Waals surface area contributed by atoms with E-state index in [2.05, 4.69) is 10.6 Å². The van der Waals surface area contributed by atoms with Crippen LogP contribution in [0.1, 0.15) is 31.9 Å². The van der Waals surface area contributed by atoms with Gasteiger partial charge in [0.25, 0.3) is 0 Å². The molecule has 0 aliphatic heterocycles. The van der Waals surface area contributed by atoms with Crippen LogP contribution in [0, 0.1) is 5.82 Å². The van der Waals surface area contributed by atoms with E-state index in [0.717, 1.165) is 12.0 Å². The van der Waals surface area contributed by atoms with Gasteiger partial charge in [0.15, 0.2) is 0 Å². The van der Waals surface area contributed by atoms with Crippen molar-refractivity contribution in [3.63, 3.8) is 0 Å². The predicted molar refractivity (Wildman–Crippen MR) is 66.1 cm³/mol. The van der Waals surface area contributed by atoms with Gasteiger partial charge in [-0.15, -0.1) is 0 Å². The highest BCUT2D eigenvalue weighted by Crippen LogP contribution is 2.16. The number of amides is 1. The van der Waals surface area contributed by atoms with E-state index in [0.29, 0.717) is 6.54 Å². The second-order valence-electron chi connectivity index (χ2n) is 3.85. The summed E-state index contributed by atoms with van der Waals surface area (Å²) in [6.45, 7) is 4.82. The van der Waals surface area contributed by atoms with Crippen molar-refractivity contribution in [3.05, 3.63) is 35.6 Å². The third kappa shape index (κ3) is 4.53. The highest BCUT2D eigenvalue weighted by atomic mass is 19.1. The molecule has 3 nitrogen and oxygen atoms in total. The van der Waals surface area contributed by atoms with Gasteiger partial charge in [0.05, 0.1) is 6.54 Å². The summed E-state index contributed by atoms with van der Waals surface area (Å²) in [7, 11) is 0. The third-order valence-electron chi connectivity index (χ3n) is 2.56. The van der Waals surface area contributed by atoms with Crippen molar-refractivity contribution >= 4 is 5.91 Å². The summed E-state index contributed by atoms with van der Waals surface area (Å²) < 4.78 is 12.8. The molecule has 0 saturated heterocycles. The molecule has 1 aromatic rings. The number of nitrogens with one attached hydrogen (secondary N) is 2. The molecule has 0 spiro atoms. The zero-order valence-corrected chi connectivity index (χ0v) is 10.3. The fraction of sp³-hybridized carbons (Fsp3) is 0.462. The molecule has 0 heterocycles. The summed E-state index contributed by atoms with van der Waals surface area (Å²) in [5, 5.41) is 5.88. The normalized spacial score (nSPS) is 12.2. The molecule has 1 amide bonds. The monoisotopic (exact) mass is 238 g/mol. The van der Waals surface area contributed by atoms with Gasteiger partial charge in [0.2, 0.25) is 5.91 Å². The molecule has 0 bridgehead atoms. The highest BCUT2D eigenvalue weighted by Gasteiger charge is 2.10. The molecule has 0 saturated carbocycles. The first kappa shape index (κ1) is 13.6. The van der Waals surface area contributed by atoms with Crippen LogP contribution in [-0.2, 0) is 4.79 Å². The Morgan fingerprint density at radius 3 is 2.47 bits per heavy atom. The van der Waals surface area contributed by atoms with Gasteiger partial charge >= 0.3 is 0 Å². The van der Waals surface area contributed by atoms with Gasteiger partial charge in [-0.3, -0.25) is 4.79 Å². The first-order valence-corrected chi connectivity index (χ1v) is 5.92. The third-order valence-corrected chi connectivity index (χ3v) is 2.56. The first-order chi connectivity index (χ1) is 8.17. The van der Waals surface area contributed by atoms with E-state index in [-0.39, 0.29) is 24.3 Å². The molecule has 1 rings (SSSR count). The summed E-state index contributed by atoms with van der Waals surface area (Å²) >= 11 is 0. The van der Waals surface area contributed by atoms with E-state index in [1.165, 1.54) is 12.1 Å². The standard InChI is InChI=1S/C13H19FN2O/c1-3-12(16-9-13(17)15-4-2)10-5-7-11(14)8-6-10/h5-8,12,16H,3-4,9H2,1-2H3,(H,15,17). The minimum absolute atomic E-state index is 0.0203. The molecule has 1 atom stereocenters. The second kappa shape index (κ2) is 7.01. The van der Waals surface area contributed by atoms with Crippen LogP contribution in [0.3, 0.4) is 0 Å². The number of carbonyl (C=O) groups is 1. The van der Waals surface area contributed by atoms with E-state index in [4.69, 9.17) is 0 Å². The molecule has 1 aromatic carbocycles. The van der Waals surface area contributed by atoms with Gasteiger partial charge in [0.1, 0.15) is 5.82 Å². The lowest BCUT2D eigenvalue weighted by Crippen LogP contribution is -2.35. The molecule has 0 fully saturated rings. The zero-order valence-electron chi connectivity index (χ0n) is 10.3. The molecular weight excluding hydrogens is 219 g/mol. The number of hydrogen-bond acceptors (Lipinski definition) is 2. The number of rotatable bonds is 6. The molecule has 94 valence electrons. The minimum atomic E-state index is -0.243. The smallest absolute Gasteiger partial charge is 0.233 e. The molecule has 0 radical (unpaired) electrons. The average molecular weight is 238 g/mol. The Bertz CT molecular complexity index is 351. The molecule has 0 aliphatic rings. The summed E-state index contributed by atoms with van der Waals surface area (Å²) in [6.07, 6.45) is 0.852. The van der Waals surface area contributed by atoms with Crippen LogP contribution in [0.4, 0.5) is 4.39 Å². The highest BCUT2D eigenvalue weighted by molar-refractivity contribution is 5.77. The van der Waals surface area contributed by atoms with Gasteiger partial charge < -0.3 is 10.6 Å². The molecule has 17 heavy (non-hydrogen) atoms. The van der Waals surface area contributed by atoms with Crippen molar-refractivity contribution in [2.45, 2.75) is 26.3 Å². The molecule has 0 aliphatic carbocycles. The quantitative estimate of drug-likeness (QED) is 0.796. The van der Waals surface area contributed by atoms with E-state index in [1.807, 2.05) is 13.8 Å². The van der Waals surface area contributed by atoms with E-state index < -0.39 is 0 Å². The van der Waals surface area contributed by atoms with Gasteiger partial charge in [-0.05, 0) is 31.0 Å². The maximum atomic E-state index is 12.8. The lowest BCUT2D eigenvalue weighted by Gasteiger charge is -2.17. The Hall–Kier alpha value is -1.42. The summed E-state index contributed by atoms with van der Waals surface area (Å²) in [5.41, 5.74) is 0.998. The largest absolute Gasteiger partial charge is 0.355 e. The van der Waals surface area contributed by atoms with Crippen LogP contribution >= 0.6 is 0 Å². The molecular formula is C13H19FN2O. The SMILES string of the molecule is CCNC(=O)CNC(CC)c1ccc(F)cc1. The molecule has 0 aromatic heterocycles. The first-order valence-electron chi connectivity index (χ1n) is 5.92. The Labute approximate surface area is 101 Å². The average Bonchev–Trinajstić information content (AvgIpc) is 2.32. The van der Waals surface area contributed by atoms with Crippen molar-refractivity contribution in [2.75, 3.05) is 13.1 Å². The fourth-order valence-electron chi connectivity index (χ4n) is 1.67. The van der Waals surface area contributed by atoms with Gasteiger partial charge in [-0.25, -0.2) is 4.39 Å². The van der Waals surface area contributed by atoms with Crippen LogP contribution in [0.2, 0.25) is 0 Å². The van der Waals surface area contributed by atoms with E-state index >= 15 is 0 Å². The molecule has 2 N–H and O–H groups in total.